The Morgan fingerprint density at radius 2 is 1.50 bits per heavy atom. The quantitative estimate of drug-likeness (QED) is 0.862. The highest BCUT2D eigenvalue weighted by Crippen LogP contribution is 2.42. The van der Waals surface area contributed by atoms with Crippen LogP contribution in [0.2, 0.25) is 0 Å². The topological polar surface area (TPSA) is 26.0 Å². The van der Waals surface area contributed by atoms with Crippen molar-refractivity contribution in [3.8, 4) is 0 Å². The molecule has 104 valence electrons. The van der Waals surface area contributed by atoms with Crippen LogP contribution in [0.15, 0.2) is 54.6 Å². The summed E-state index contributed by atoms with van der Waals surface area (Å²) in [6.07, 6.45) is 3.73. The van der Waals surface area contributed by atoms with Crippen molar-refractivity contribution in [2.45, 2.75) is 37.1 Å². The van der Waals surface area contributed by atoms with Gasteiger partial charge in [0, 0.05) is 11.1 Å². The summed E-state index contributed by atoms with van der Waals surface area (Å²) in [5, 5.41) is 0. The van der Waals surface area contributed by atoms with Crippen LogP contribution in [0.4, 0.5) is 4.39 Å². The Balaban J connectivity index is 1.77. The van der Waals surface area contributed by atoms with Crippen LogP contribution in [0.5, 0.6) is 0 Å². The Bertz CT molecular complexity index is 571. The van der Waals surface area contributed by atoms with Crippen LogP contribution >= 0.6 is 0 Å². The van der Waals surface area contributed by atoms with E-state index < -0.39 is 5.54 Å². The van der Waals surface area contributed by atoms with Crippen LogP contribution in [0, 0.1) is 5.82 Å². The zero-order chi connectivity index (χ0) is 14.0. The van der Waals surface area contributed by atoms with Crippen molar-refractivity contribution in [2.75, 3.05) is 0 Å². The Hall–Kier alpha value is -1.67. The Labute approximate surface area is 119 Å². The molecule has 0 bridgehead atoms. The maximum absolute atomic E-state index is 14.0. The highest BCUT2D eigenvalue weighted by molar-refractivity contribution is 5.28. The van der Waals surface area contributed by atoms with E-state index in [-0.39, 0.29) is 5.82 Å². The Morgan fingerprint density at radius 1 is 0.900 bits per heavy atom. The largest absolute Gasteiger partial charge is 0.321 e. The fraction of sp³-hybridized carbons (Fsp3) is 0.333. The predicted octanol–water partition coefficient (Wildman–Crippen LogP) is 4.34. The SMILES string of the molecule is NC1(c2ccccc2F)CCC(c2ccccc2)CC1. The Kier molecular flexibility index (Phi) is 3.58. The molecule has 2 aromatic rings. The second-order valence-electron chi connectivity index (χ2n) is 5.82. The summed E-state index contributed by atoms with van der Waals surface area (Å²) < 4.78 is 14.0. The highest BCUT2D eigenvalue weighted by atomic mass is 19.1. The fourth-order valence-electron chi connectivity index (χ4n) is 3.33. The molecule has 1 nitrogen and oxygen atoms in total. The van der Waals surface area contributed by atoms with Crippen LogP contribution in [0.3, 0.4) is 0 Å². The van der Waals surface area contributed by atoms with E-state index in [0.717, 1.165) is 25.7 Å². The third kappa shape index (κ3) is 2.48. The van der Waals surface area contributed by atoms with Crippen molar-refractivity contribution in [1.82, 2.24) is 0 Å². The van der Waals surface area contributed by atoms with Crippen LogP contribution in [0.25, 0.3) is 0 Å². The molecule has 0 amide bonds. The molecule has 0 unspecified atom stereocenters. The number of nitrogens with two attached hydrogens (primary N) is 1. The van der Waals surface area contributed by atoms with Crippen LogP contribution in [-0.2, 0) is 5.54 Å². The molecule has 1 aliphatic carbocycles. The zero-order valence-corrected chi connectivity index (χ0v) is 11.6. The molecular weight excluding hydrogens is 249 g/mol. The molecule has 0 aromatic heterocycles. The highest BCUT2D eigenvalue weighted by Gasteiger charge is 2.35. The molecule has 2 N–H and O–H groups in total. The first-order valence-electron chi connectivity index (χ1n) is 7.28. The van der Waals surface area contributed by atoms with Crippen molar-refractivity contribution in [2.24, 2.45) is 5.73 Å². The third-order valence-corrected chi connectivity index (χ3v) is 4.56. The van der Waals surface area contributed by atoms with E-state index in [2.05, 4.69) is 24.3 Å². The summed E-state index contributed by atoms with van der Waals surface area (Å²) in [6.45, 7) is 0. The number of rotatable bonds is 2. The zero-order valence-electron chi connectivity index (χ0n) is 11.6. The van der Waals surface area contributed by atoms with Crippen molar-refractivity contribution in [3.05, 3.63) is 71.5 Å². The van der Waals surface area contributed by atoms with Crippen LogP contribution < -0.4 is 5.73 Å². The molecule has 1 aliphatic rings. The van der Waals surface area contributed by atoms with Crippen molar-refractivity contribution >= 4 is 0 Å². The smallest absolute Gasteiger partial charge is 0.128 e. The minimum Gasteiger partial charge on any atom is -0.321 e. The minimum absolute atomic E-state index is 0.173. The summed E-state index contributed by atoms with van der Waals surface area (Å²) in [5.41, 5.74) is 8.03. The lowest BCUT2D eigenvalue weighted by Crippen LogP contribution is -2.40. The molecule has 0 saturated heterocycles. The van der Waals surface area contributed by atoms with E-state index in [9.17, 15) is 4.39 Å². The van der Waals surface area contributed by atoms with Gasteiger partial charge in [0.1, 0.15) is 5.82 Å². The standard InChI is InChI=1S/C18H20FN/c19-17-9-5-4-8-16(17)18(20)12-10-15(11-13-18)14-6-2-1-3-7-14/h1-9,15H,10-13,20H2. The average molecular weight is 269 g/mol. The van der Waals surface area contributed by atoms with Gasteiger partial charge in [-0.2, -0.15) is 0 Å². The lowest BCUT2D eigenvalue weighted by Gasteiger charge is -2.38. The maximum Gasteiger partial charge on any atom is 0.128 e. The van der Waals surface area contributed by atoms with Gasteiger partial charge < -0.3 is 5.73 Å². The number of hydrogen-bond acceptors (Lipinski definition) is 1. The second kappa shape index (κ2) is 5.37. The van der Waals surface area contributed by atoms with Crippen molar-refractivity contribution in [1.29, 1.82) is 0 Å². The predicted molar refractivity (Wildman–Crippen MR) is 79.9 cm³/mol. The van der Waals surface area contributed by atoms with Gasteiger partial charge >= 0.3 is 0 Å². The summed E-state index contributed by atoms with van der Waals surface area (Å²) in [6, 6.07) is 17.5. The lowest BCUT2D eigenvalue weighted by atomic mass is 9.71. The number of hydrogen-bond donors (Lipinski definition) is 1. The minimum atomic E-state index is -0.503. The average Bonchev–Trinajstić information content (AvgIpc) is 2.49. The van der Waals surface area contributed by atoms with Gasteiger partial charge in [-0.15, -0.1) is 0 Å². The molecule has 0 aliphatic heterocycles. The van der Waals surface area contributed by atoms with E-state index in [0.29, 0.717) is 11.5 Å². The lowest BCUT2D eigenvalue weighted by molar-refractivity contribution is 0.269. The third-order valence-electron chi connectivity index (χ3n) is 4.56. The van der Waals surface area contributed by atoms with Gasteiger partial charge in [0.05, 0.1) is 0 Å². The van der Waals surface area contributed by atoms with Gasteiger partial charge in [-0.05, 0) is 43.2 Å². The van der Waals surface area contributed by atoms with Gasteiger partial charge in [-0.25, -0.2) is 4.39 Å². The Morgan fingerprint density at radius 3 is 2.15 bits per heavy atom. The monoisotopic (exact) mass is 269 g/mol. The van der Waals surface area contributed by atoms with Crippen LogP contribution in [0.1, 0.15) is 42.7 Å². The summed E-state index contributed by atoms with van der Waals surface area (Å²) in [7, 11) is 0. The van der Waals surface area contributed by atoms with E-state index in [1.54, 1.807) is 6.07 Å². The second-order valence-corrected chi connectivity index (χ2v) is 5.82. The van der Waals surface area contributed by atoms with Crippen molar-refractivity contribution < 1.29 is 4.39 Å². The molecule has 2 heteroatoms. The maximum atomic E-state index is 14.0. The molecular formula is C18H20FN. The fourth-order valence-corrected chi connectivity index (χ4v) is 3.33. The number of benzene rings is 2. The number of halogens is 1. The van der Waals surface area contributed by atoms with Gasteiger partial charge in [-0.3, -0.25) is 0 Å². The summed E-state index contributed by atoms with van der Waals surface area (Å²) in [5.74, 6) is 0.382. The molecule has 2 aromatic carbocycles. The van der Waals surface area contributed by atoms with E-state index in [1.807, 2.05) is 18.2 Å². The molecule has 1 fully saturated rings. The molecule has 3 rings (SSSR count). The first-order valence-corrected chi connectivity index (χ1v) is 7.28. The molecule has 0 spiro atoms. The molecule has 0 atom stereocenters. The van der Waals surface area contributed by atoms with E-state index in [4.69, 9.17) is 5.73 Å². The van der Waals surface area contributed by atoms with Gasteiger partial charge in [-0.1, -0.05) is 48.5 Å². The van der Waals surface area contributed by atoms with Crippen molar-refractivity contribution in [3.63, 3.8) is 0 Å². The van der Waals surface area contributed by atoms with E-state index >= 15 is 0 Å². The van der Waals surface area contributed by atoms with Gasteiger partial charge in [0.2, 0.25) is 0 Å². The molecule has 0 radical (unpaired) electrons. The first-order chi connectivity index (χ1) is 9.69. The van der Waals surface area contributed by atoms with E-state index in [1.165, 1.54) is 11.6 Å². The van der Waals surface area contributed by atoms with Gasteiger partial charge in [0.15, 0.2) is 0 Å². The molecule has 20 heavy (non-hydrogen) atoms. The molecule has 0 heterocycles. The first kappa shape index (κ1) is 13.3. The van der Waals surface area contributed by atoms with Crippen LogP contribution in [-0.4, -0.2) is 0 Å². The summed E-state index contributed by atoms with van der Waals surface area (Å²) >= 11 is 0. The summed E-state index contributed by atoms with van der Waals surface area (Å²) in [4.78, 5) is 0. The van der Waals surface area contributed by atoms with Gasteiger partial charge in [0.25, 0.3) is 0 Å². The normalized spacial score (nSPS) is 26.4. The molecule has 1 saturated carbocycles.